The van der Waals surface area contributed by atoms with Gasteiger partial charge in [-0.2, -0.15) is 5.10 Å². The molecule has 3 heterocycles. The van der Waals surface area contributed by atoms with Crippen LogP contribution < -0.4 is 0 Å². The Morgan fingerprint density at radius 3 is 2.62 bits per heavy atom. The van der Waals surface area contributed by atoms with Gasteiger partial charge in [-0.25, -0.2) is 4.52 Å². The van der Waals surface area contributed by atoms with Gasteiger partial charge in [0.25, 0.3) is 0 Å². The summed E-state index contributed by atoms with van der Waals surface area (Å²) in [4.78, 5) is 5.03. The highest BCUT2D eigenvalue weighted by molar-refractivity contribution is 6.16. The molecule has 0 saturated heterocycles. The summed E-state index contributed by atoms with van der Waals surface area (Å²) in [6.07, 6.45) is 3.88. The largest absolute Gasteiger partial charge is 0.252 e. The molecule has 0 amide bonds. The lowest BCUT2D eigenvalue weighted by Crippen LogP contribution is -2.13. The van der Waals surface area contributed by atoms with Gasteiger partial charge in [-0.15, -0.1) is 0 Å². The van der Waals surface area contributed by atoms with Gasteiger partial charge in [0.2, 0.25) is 0 Å². The number of aromatic nitrogens is 3. The molecule has 142 valence electrons. The predicted molar refractivity (Wildman–Crippen MR) is 122 cm³/mol. The first-order chi connectivity index (χ1) is 14.0. The second-order valence-electron chi connectivity index (χ2n) is 8.52. The topological polar surface area (TPSA) is 30.2 Å². The molecule has 0 radical (unpaired) electrons. The molecule has 0 atom stereocenters. The van der Waals surface area contributed by atoms with E-state index in [4.69, 9.17) is 10.1 Å². The molecule has 3 nitrogen and oxygen atoms in total. The molecular weight excluding hydrogens is 354 g/mol. The smallest absolute Gasteiger partial charge is 0.103 e. The zero-order valence-corrected chi connectivity index (χ0v) is 17.0. The van der Waals surface area contributed by atoms with Gasteiger partial charge in [-0.3, -0.25) is 4.98 Å². The Balaban J connectivity index is 1.95. The molecule has 0 saturated carbocycles. The van der Waals surface area contributed by atoms with Gasteiger partial charge in [-0.05, 0) is 53.1 Å². The number of pyridine rings is 2. The second-order valence-corrected chi connectivity index (χ2v) is 8.52. The average molecular weight is 377 g/mol. The molecule has 0 aliphatic heterocycles. The Bertz CT molecular complexity index is 1400. The summed E-state index contributed by atoms with van der Waals surface area (Å²) in [6.45, 7) is 10.5. The molecule has 0 fully saturated rings. The predicted octanol–water partition coefficient (Wildman–Crippen LogP) is 6.64. The maximum atomic E-state index is 5.03. The fraction of sp³-hybridized carbons (Fsp3) is 0.154. The van der Waals surface area contributed by atoms with Crippen molar-refractivity contribution in [2.24, 2.45) is 0 Å². The zero-order chi connectivity index (χ0) is 20.2. The van der Waals surface area contributed by atoms with Gasteiger partial charge >= 0.3 is 0 Å². The van der Waals surface area contributed by atoms with Crippen molar-refractivity contribution in [3.8, 4) is 11.1 Å². The lowest BCUT2D eigenvalue weighted by molar-refractivity contribution is 0.571. The minimum absolute atomic E-state index is 0.00895. The molecule has 5 rings (SSSR count). The van der Waals surface area contributed by atoms with Gasteiger partial charge in [0.15, 0.2) is 0 Å². The van der Waals surface area contributed by atoms with E-state index in [1.54, 1.807) is 0 Å². The highest BCUT2D eigenvalue weighted by Gasteiger charge is 2.19. The van der Waals surface area contributed by atoms with Crippen molar-refractivity contribution in [1.29, 1.82) is 0 Å². The fourth-order valence-corrected chi connectivity index (χ4v) is 3.93. The summed E-state index contributed by atoms with van der Waals surface area (Å²) in [6, 6.07) is 21.2. The Kier molecular flexibility index (Phi) is 3.82. The first kappa shape index (κ1) is 17.6. The van der Waals surface area contributed by atoms with E-state index in [1.807, 2.05) is 22.9 Å². The van der Waals surface area contributed by atoms with Crippen LogP contribution in [0, 0.1) is 0 Å². The van der Waals surface area contributed by atoms with Gasteiger partial charge in [0, 0.05) is 28.1 Å². The number of rotatable bonds is 2. The molecule has 2 aromatic carbocycles. The van der Waals surface area contributed by atoms with E-state index in [0.29, 0.717) is 0 Å². The van der Waals surface area contributed by atoms with Crippen molar-refractivity contribution < 1.29 is 0 Å². The van der Waals surface area contributed by atoms with Crippen LogP contribution in [0.25, 0.3) is 44.5 Å². The summed E-state index contributed by atoms with van der Waals surface area (Å²) in [5.74, 6) is 0. The highest BCUT2D eigenvalue weighted by atomic mass is 15.2. The Morgan fingerprint density at radius 1 is 0.966 bits per heavy atom. The summed E-state index contributed by atoms with van der Waals surface area (Å²) in [5.41, 5.74) is 7.54. The third-order valence-electron chi connectivity index (χ3n) is 5.47. The van der Waals surface area contributed by atoms with Crippen LogP contribution in [0.3, 0.4) is 0 Å². The molecule has 0 aliphatic carbocycles. The Labute approximate surface area is 170 Å². The van der Waals surface area contributed by atoms with Crippen LogP contribution >= 0.6 is 0 Å². The van der Waals surface area contributed by atoms with Crippen molar-refractivity contribution in [1.82, 2.24) is 14.6 Å². The van der Waals surface area contributed by atoms with Crippen molar-refractivity contribution in [2.75, 3.05) is 0 Å². The normalized spacial score (nSPS) is 12.1. The van der Waals surface area contributed by atoms with Gasteiger partial charge in [0.1, 0.15) is 5.52 Å². The number of hydrogen-bond acceptors (Lipinski definition) is 2. The van der Waals surface area contributed by atoms with Crippen LogP contribution in [0.15, 0.2) is 73.4 Å². The van der Waals surface area contributed by atoms with E-state index in [9.17, 15) is 0 Å². The summed E-state index contributed by atoms with van der Waals surface area (Å²) < 4.78 is 1.96. The number of hydrogen-bond donors (Lipinski definition) is 0. The molecule has 0 aliphatic rings. The lowest BCUT2D eigenvalue weighted by Gasteiger charge is -2.18. The van der Waals surface area contributed by atoms with Crippen molar-refractivity contribution in [3.05, 3.63) is 84.7 Å². The van der Waals surface area contributed by atoms with Crippen molar-refractivity contribution in [3.63, 3.8) is 0 Å². The zero-order valence-electron chi connectivity index (χ0n) is 17.0. The van der Waals surface area contributed by atoms with Gasteiger partial charge in [0.05, 0.1) is 11.0 Å². The molecule has 29 heavy (non-hydrogen) atoms. The fourth-order valence-electron chi connectivity index (χ4n) is 3.93. The molecule has 0 bridgehead atoms. The average Bonchev–Trinajstić information content (AvgIpc) is 3.12. The molecule has 3 heteroatoms. The Morgan fingerprint density at radius 2 is 1.83 bits per heavy atom. The van der Waals surface area contributed by atoms with Crippen molar-refractivity contribution >= 4 is 33.4 Å². The minimum Gasteiger partial charge on any atom is -0.252 e. The van der Waals surface area contributed by atoms with Crippen LogP contribution in [-0.4, -0.2) is 14.6 Å². The molecule has 3 aromatic heterocycles. The van der Waals surface area contributed by atoms with Crippen LogP contribution in [-0.2, 0) is 5.41 Å². The summed E-state index contributed by atoms with van der Waals surface area (Å²) in [7, 11) is 0. The monoisotopic (exact) mass is 377 g/mol. The molecule has 0 unspecified atom stereocenters. The quantitative estimate of drug-likeness (QED) is 0.345. The molecule has 5 aromatic rings. The van der Waals surface area contributed by atoms with Crippen LogP contribution in [0.5, 0.6) is 0 Å². The Hall–Kier alpha value is -3.46. The third-order valence-corrected chi connectivity index (χ3v) is 5.47. The van der Waals surface area contributed by atoms with Crippen LogP contribution in [0.2, 0.25) is 0 Å². The maximum absolute atomic E-state index is 5.03. The van der Waals surface area contributed by atoms with E-state index >= 15 is 0 Å². The standard InChI is InChI=1S/C26H23N3/c1-5-17-9-8-10-18(15-17)20-16-21-19(12-13-23(27-21)26(2,3)4)25-24(20)22-11-6-7-14-29(22)28-25/h5-16H,1H2,2-4H3. The SMILES string of the molecule is C=Cc1cccc(-c2cc3nc(C(C)(C)C)ccc3c3nn4ccccc4c23)c1. The van der Waals surface area contributed by atoms with E-state index in [-0.39, 0.29) is 5.41 Å². The third kappa shape index (κ3) is 2.82. The summed E-state index contributed by atoms with van der Waals surface area (Å²) in [5, 5.41) is 7.16. The highest BCUT2D eigenvalue weighted by Crippen LogP contribution is 2.37. The van der Waals surface area contributed by atoms with Gasteiger partial charge < -0.3 is 0 Å². The molecular formula is C26H23N3. The maximum Gasteiger partial charge on any atom is 0.103 e. The first-order valence-electron chi connectivity index (χ1n) is 9.90. The van der Waals surface area contributed by atoms with Crippen molar-refractivity contribution in [2.45, 2.75) is 26.2 Å². The molecule has 0 N–H and O–H groups in total. The minimum atomic E-state index is -0.00895. The van der Waals surface area contributed by atoms with E-state index < -0.39 is 0 Å². The first-order valence-corrected chi connectivity index (χ1v) is 9.90. The van der Waals surface area contributed by atoms with E-state index in [0.717, 1.165) is 49.7 Å². The second kappa shape index (κ2) is 6.28. The van der Waals surface area contributed by atoms with E-state index in [2.05, 4.69) is 81.9 Å². The van der Waals surface area contributed by atoms with E-state index in [1.165, 1.54) is 0 Å². The number of benzene rings is 2. The number of nitrogens with zero attached hydrogens (tertiary/aromatic N) is 3. The number of fused-ring (bicyclic) bond motifs is 5. The molecule has 0 spiro atoms. The lowest BCUT2D eigenvalue weighted by atomic mass is 9.90. The summed E-state index contributed by atoms with van der Waals surface area (Å²) >= 11 is 0. The van der Waals surface area contributed by atoms with Crippen LogP contribution in [0.4, 0.5) is 0 Å². The van der Waals surface area contributed by atoms with Crippen LogP contribution in [0.1, 0.15) is 32.0 Å². The van der Waals surface area contributed by atoms with Gasteiger partial charge in [-0.1, -0.05) is 57.7 Å².